The van der Waals surface area contributed by atoms with Crippen LogP contribution >= 0.6 is 0 Å². The molecule has 0 aromatic heterocycles. The molecule has 0 aromatic rings. The summed E-state index contributed by atoms with van der Waals surface area (Å²) in [5, 5.41) is 3.59. The summed E-state index contributed by atoms with van der Waals surface area (Å²) in [6.07, 6.45) is 0.988. The van der Waals surface area contributed by atoms with Crippen LogP contribution in [0.15, 0.2) is 0 Å². The summed E-state index contributed by atoms with van der Waals surface area (Å²) >= 11 is 0. The highest BCUT2D eigenvalue weighted by Crippen LogP contribution is 2.69. The maximum Gasteiger partial charge on any atom is 0.0246 e. The Bertz CT molecular complexity index is 263. The Morgan fingerprint density at radius 2 is 1.73 bits per heavy atom. The van der Waals surface area contributed by atoms with E-state index in [0.29, 0.717) is 16.9 Å². The second kappa shape index (κ2) is 4.18. The van der Waals surface area contributed by atoms with Crippen molar-refractivity contribution >= 4 is 0 Å². The van der Waals surface area contributed by atoms with Gasteiger partial charge in [-0.25, -0.2) is 0 Å². The molecule has 0 spiro atoms. The zero-order chi connectivity index (χ0) is 11.7. The van der Waals surface area contributed by atoms with Gasteiger partial charge in [0.2, 0.25) is 0 Å². The minimum Gasteiger partial charge on any atom is -0.313 e. The molecule has 0 aliphatic heterocycles. The van der Waals surface area contributed by atoms with Gasteiger partial charge in [0.1, 0.15) is 0 Å². The van der Waals surface area contributed by atoms with E-state index in [9.17, 15) is 0 Å². The first-order chi connectivity index (χ1) is 6.89. The lowest BCUT2D eigenvalue weighted by Crippen LogP contribution is -2.32. The van der Waals surface area contributed by atoms with Crippen molar-refractivity contribution in [1.29, 1.82) is 0 Å². The van der Waals surface area contributed by atoms with E-state index in [1.54, 1.807) is 0 Å². The highest BCUT2D eigenvalue weighted by atomic mass is 15.0. The van der Waals surface area contributed by atoms with Crippen LogP contribution in [0.25, 0.3) is 0 Å². The van der Waals surface area contributed by atoms with E-state index < -0.39 is 0 Å². The average molecular weight is 207 g/mol. The second-order valence-electron chi connectivity index (χ2n) is 5.72. The van der Waals surface area contributed by atoms with Gasteiger partial charge in [-0.15, -0.1) is 11.8 Å². The molecule has 1 aliphatic rings. The molecular formula is C14H25N. The lowest BCUT2D eigenvalue weighted by atomic mass is 10.0. The molecule has 0 amide bonds. The Morgan fingerprint density at radius 1 is 1.20 bits per heavy atom. The standard InChI is InChI=1S/C14H25N/c1-7-9-10-11(15-8-2)12-13(3,4)14(12,5)6/h11-12,15H,8,10H2,1-6H3. The molecule has 1 saturated carbocycles. The topological polar surface area (TPSA) is 12.0 Å². The molecule has 86 valence electrons. The molecule has 1 heteroatoms. The van der Waals surface area contributed by atoms with E-state index in [2.05, 4.69) is 51.8 Å². The average Bonchev–Trinajstić information content (AvgIpc) is 2.53. The summed E-state index contributed by atoms with van der Waals surface area (Å²) < 4.78 is 0. The Morgan fingerprint density at radius 3 is 2.07 bits per heavy atom. The third-order valence-electron chi connectivity index (χ3n) is 4.50. The van der Waals surface area contributed by atoms with Crippen LogP contribution in [0.4, 0.5) is 0 Å². The van der Waals surface area contributed by atoms with Crippen LogP contribution in [0.1, 0.15) is 48.0 Å². The van der Waals surface area contributed by atoms with Gasteiger partial charge in [-0.1, -0.05) is 34.6 Å². The van der Waals surface area contributed by atoms with Crippen molar-refractivity contribution < 1.29 is 0 Å². The third-order valence-corrected chi connectivity index (χ3v) is 4.50. The molecule has 15 heavy (non-hydrogen) atoms. The predicted octanol–water partition coefficient (Wildman–Crippen LogP) is 3.06. The summed E-state index contributed by atoms with van der Waals surface area (Å²) in [5.74, 6) is 6.98. The van der Waals surface area contributed by atoms with Crippen molar-refractivity contribution in [2.75, 3.05) is 6.54 Å². The molecule has 0 saturated heterocycles. The van der Waals surface area contributed by atoms with Crippen molar-refractivity contribution in [1.82, 2.24) is 5.32 Å². The van der Waals surface area contributed by atoms with Crippen molar-refractivity contribution in [2.45, 2.75) is 54.0 Å². The fraction of sp³-hybridized carbons (Fsp3) is 0.857. The smallest absolute Gasteiger partial charge is 0.0246 e. The number of nitrogens with one attached hydrogen (secondary N) is 1. The van der Waals surface area contributed by atoms with Gasteiger partial charge in [-0.2, -0.15) is 0 Å². The zero-order valence-electron chi connectivity index (χ0n) is 11.1. The number of hydrogen-bond donors (Lipinski definition) is 1. The Labute approximate surface area is 95.0 Å². The summed E-state index contributed by atoms with van der Waals surface area (Å²) in [6, 6.07) is 0.562. The Kier molecular flexibility index (Phi) is 3.51. The first-order valence-electron chi connectivity index (χ1n) is 6.02. The Balaban J connectivity index is 2.69. The molecule has 0 aromatic carbocycles. The van der Waals surface area contributed by atoms with Gasteiger partial charge < -0.3 is 5.32 Å². The molecule has 1 nitrogen and oxygen atoms in total. The van der Waals surface area contributed by atoms with E-state index in [4.69, 9.17) is 0 Å². The third kappa shape index (κ3) is 2.06. The molecule has 1 N–H and O–H groups in total. The van der Waals surface area contributed by atoms with E-state index in [0.717, 1.165) is 18.9 Å². The SMILES string of the molecule is CC#CCC(NCC)C1C(C)(C)C1(C)C. The lowest BCUT2D eigenvalue weighted by molar-refractivity contribution is 0.412. The number of rotatable bonds is 4. The van der Waals surface area contributed by atoms with Gasteiger partial charge in [0, 0.05) is 12.5 Å². The maximum atomic E-state index is 3.59. The fourth-order valence-corrected chi connectivity index (χ4v) is 3.04. The van der Waals surface area contributed by atoms with Gasteiger partial charge in [-0.05, 0) is 30.2 Å². The van der Waals surface area contributed by atoms with Crippen molar-refractivity contribution in [3.8, 4) is 11.8 Å². The monoisotopic (exact) mass is 207 g/mol. The largest absolute Gasteiger partial charge is 0.313 e. The van der Waals surface area contributed by atoms with Crippen LogP contribution in [-0.2, 0) is 0 Å². The van der Waals surface area contributed by atoms with Crippen molar-refractivity contribution in [3.05, 3.63) is 0 Å². The van der Waals surface area contributed by atoms with Gasteiger partial charge in [0.15, 0.2) is 0 Å². The minimum atomic E-state index is 0.454. The van der Waals surface area contributed by atoms with Gasteiger partial charge >= 0.3 is 0 Å². The molecule has 0 bridgehead atoms. The van der Waals surface area contributed by atoms with E-state index in [1.165, 1.54) is 0 Å². The van der Waals surface area contributed by atoms with E-state index in [-0.39, 0.29) is 0 Å². The highest BCUT2D eigenvalue weighted by Gasteiger charge is 2.66. The first-order valence-corrected chi connectivity index (χ1v) is 6.02. The lowest BCUT2D eigenvalue weighted by Gasteiger charge is -2.17. The van der Waals surface area contributed by atoms with Crippen LogP contribution in [0.3, 0.4) is 0 Å². The molecule has 1 aliphatic carbocycles. The summed E-state index contributed by atoms with van der Waals surface area (Å²) in [5.41, 5.74) is 0.907. The first kappa shape index (κ1) is 12.6. The Hall–Kier alpha value is -0.480. The molecule has 1 unspecified atom stereocenters. The van der Waals surface area contributed by atoms with Crippen LogP contribution in [0.5, 0.6) is 0 Å². The second-order valence-corrected chi connectivity index (χ2v) is 5.72. The summed E-state index contributed by atoms with van der Waals surface area (Å²) in [4.78, 5) is 0. The summed E-state index contributed by atoms with van der Waals surface area (Å²) in [6.45, 7) is 14.6. The zero-order valence-corrected chi connectivity index (χ0v) is 11.1. The van der Waals surface area contributed by atoms with Crippen LogP contribution < -0.4 is 5.32 Å². The van der Waals surface area contributed by atoms with E-state index in [1.807, 2.05) is 6.92 Å². The van der Waals surface area contributed by atoms with E-state index >= 15 is 0 Å². The van der Waals surface area contributed by atoms with Crippen LogP contribution in [0.2, 0.25) is 0 Å². The molecule has 1 fully saturated rings. The van der Waals surface area contributed by atoms with Crippen molar-refractivity contribution in [3.63, 3.8) is 0 Å². The molecule has 0 radical (unpaired) electrons. The number of hydrogen-bond acceptors (Lipinski definition) is 1. The summed E-state index contributed by atoms with van der Waals surface area (Å²) in [7, 11) is 0. The predicted molar refractivity (Wildman–Crippen MR) is 66.6 cm³/mol. The molecule has 1 atom stereocenters. The van der Waals surface area contributed by atoms with Crippen LogP contribution in [-0.4, -0.2) is 12.6 Å². The molecule has 1 rings (SSSR count). The van der Waals surface area contributed by atoms with Gasteiger partial charge in [0.05, 0.1) is 0 Å². The van der Waals surface area contributed by atoms with Crippen molar-refractivity contribution in [2.24, 2.45) is 16.7 Å². The normalized spacial score (nSPS) is 24.1. The quantitative estimate of drug-likeness (QED) is 0.699. The van der Waals surface area contributed by atoms with Gasteiger partial charge in [0.25, 0.3) is 0 Å². The minimum absolute atomic E-state index is 0.454. The molecule has 0 heterocycles. The highest BCUT2D eigenvalue weighted by molar-refractivity contribution is 5.18. The van der Waals surface area contributed by atoms with Gasteiger partial charge in [-0.3, -0.25) is 0 Å². The van der Waals surface area contributed by atoms with Crippen LogP contribution in [0, 0.1) is 28.6 Å². The maximum absolute atomic E-state index is 3.59. The fourth-order valence-electron chi connectivity index (χ4n) is 3.04. The molecular weight excluding hydrogens is 182 g/mol.